The third kappa shape index (κ3) is 6.75. The summed E-state index contributed by atoms with van der Waals surface area (Å²) in [5.41, 5.74) is 3.14. The lowest BCUT2D eigenvalue weighted by Crippen LogP contribution is -2.26. The highest BCUT2D eigenvalue weighted by Gasteiger charge is 2.31. The van der Waals surface area contributed by atoms with Gasteiger partial charge < -0.3 is 10.1 Å². The maximum Gasteiger partial charge on any atom is 0.573 e. The van der Waals surface area contributed by atoms with Gasteiger partial charge in [-0.3, -0.25) is 14.9 Å². The van der Waals surface area contributed by atoms with Crippen molar-refractivity contribution in [1.29, 1.82) is 0 Å². The summed E-state index contributed by atoms with van der Waals surface area (Å²) in [6.07, 6.45) is 0.563. The minimum atomic E-state index is -4.69. The van der Waals surface area contributed by atoms with E-state index < -0.39 is 12.3 Å². The molecule has 0 unspecified atom stereocenters. The van der Waals surface area contributed by atoms with E-state index in [1.807, 2.05) is 0 Å². The molecule has 1 aliphatic rings. The second-order valence-electron chi connectivity index (χ2n) is 6.84. The zero-order chi connectivity index (χ0) is 21.6. The first kappa shape index (κ1) is 21.6. The minimum Gasteiger partial charge on any atom is -0.406 e. The topological polar surface area (TPSA) is 86.7 Å². The van der Waals surface area contributed by atoms with Crippen molar-refractivity contribution in [2.24, 2.45) is 0 Å². The molecule has 3 rings (SSSR count). The summed E-state index contributed by atoms with van der Waals surface area (Å²) < 4.78 is 40.6. The number of carbonyl (C=O) groups is 1. The zero-order valence-electron chi connectivity index (χ0n) is 15.9. The fourth-order valence-corrected chi connectivity index (χ4v) is 3.16. The van der Waals surface area contributed by atoms with Crippen molar-refractivity contribution in [2.45, 2.75) is 25.4 Å². The molecule has 160 valence electrons. The second-order valence-corrected chi connectivity index (χ2v) is 6.84. The van der Waals surface area contributed by atoms with Crippen LogP contribution in [0.3, 0.4) is 0 Å². The highest BCUT2D eigenvalue weighted by molar-refractivity contribution is 5.90. The van der Waals surface area contributed by atoms with Crippen LogP contribution in [-0.2, 0) is 11.3 Å². The minimum absolute atomic E-state index is 0.201. The average Bonchev–Trinajstić information content (AvgIpc) is 3.14. The number of halogens is 3. The van der Waals surface area contributed by atoms with Crippen LogP contribution < -0.4 is 15.5 Å². The SMILES string of the molecule is O=C(C=Cc1ccc(N[C@@H]2CCN(Cc3ccc(OC(F)(F)F)cc3)C2)nc1)NO. The van der Waals surface area contributed by atoms with Crippen molar-refractivity contribution < 1.29 is 27.9 Å². The number of benzene rings is 1. The molecule has 0 saturated carbocycles. The lowest BCUT2D eigenvalue weighted by Gasteiger charge is -2.17. The van der Waals surface area contributed by atoms with Gasteiger partial charge in [0.2, 0.25) is 0 Å². The number of hydrogen-bond donors (Lipinski definition) is 3. The fraction of sp³-hybridized carbons (Fsp3) is 0.300. The number of hydrogen-bond acceptors (Lipinski definition) is 6. The van der Waals surface area contributed by atoms with Gasteiger partial charge in [0.25, 0.3) is 5.91 Å². The van der Waals surface area contributed by atoms with Crippen molar-refractivity contribution >= 4 is 17.8 Å². The molecule has 0 radical (unpaired) electrons. The summed E-state index contributed by atoms with van der Waals surface area (Å²) in [6, 6.07) is 9.70. The number of likely N-dealkylation sites (tertiary alicyclic amines) is 1. The first-order valence-electron chi connectivity index (χ1n) is 9.22. The predicted molar refractivity (Wildman–Crippen MR) is 104 cm³/mol. The number of pyridine rings is 1. The van der Waals surface area contributed by atoms with Crippen molar-refractivity contribution in [3.8, 4) is 5.75 Å². The molecule has 1 fully saturated rings. The standard InChI is InChI=1S/C20H21F3N4O3/c21-20(22,23)30-17-5-1-15(2-6-17)12-27-10-9-16(13-27)25-18-7-3-14(11-24-18)4-8-19(28)26-29/h1-8,11,16,29H,9-10,12-13H2,(H,24,25)(H,26,28)/t16-/m1/s1. The van der Waals surface area contributed by atoms with Gasteiger partial charge in [-0.15, -0.1) is 13.2 Å². The van der Waals surface area contributed by atoms with E-state index in [0.717, 1.165) is 30.6 Å². The van der Waals surface area contributed by atoms with Gasteiger partial charge in [-0.25, -0.2) is 10.5 Å². The van der Waals surface area contributed by atoms with Crippen LogP contribution in [0.1, 0.15) is 17.5 Å². The smallest absolute Gasteiger partial charge is 0.406 e. The van der Waals surface area contributed by atoms with E-state index in [1.54, 1.807) is 30.5 Å². The van der Waals surface area contributed by atoms with E-state index in [4.69, 9.17) is 5.21 Å². The van der Waals surface area contributed by atoms with Gasteiger partial charge in [0.05, 0.1) is 0 Å². The van der Waals surface area contributed by atoms with Crippen LogP contribution in [0.5, 0.6) is 5.75 Å². The molecule has 10 heteroatoms. The molecular weight excluding hydrogens is 401 g/mol. The molecule has 7 nitrogen and oxygen atoms in total. The number of anilines is 1. The van der Waals surface area contributed by atoms with Crippen LogP contribution in [-0.4, -0.2) is 46.5 Å². The molecular formula is C20H21F3N4O3. The van der Waals surface area contributed by atoms with E-state index in [-0.39, 0.29) is 11.8 Å². The Morgan fingerprint density at radius 1 is 1.27 bits per heavy atom. The molecule has 1 aliphatic heterocycles. The summed E-state index contributed by atoms with van der Waals surface area (Å²) in [4.78, 5) is 17.5. The highest BCUT2D eigenvalue weighted by Crippen LogP contribution is 2.24. The van der Waals surface area contributed by atoms with E-state index in [0.29, 0.717) is 12.4 Å². The van der Waals surface area contributed by atoms with E-state index >= 15 is 0 Å². The Morgan fingerprint density at radius 2 is 2.03 bits per heavy atom. The van der Waals surface area contributed by atoms with Gasteiger partial charge >= 0.3 is 6.36 Å². The van der Waals surface area contributed by atoms with Gasteiger partial charge in [-0.05, 0) is 47.9 Å². The number of rotatable bonds is 7. The molecule has 1 aromatic carbocycles. The summed E-state index contributed by atoms with van der Waals surface area (Å²) in [5.74, 6) is -0.140. The van der Waals surface area contributed by atoms with E-state index in [2.05, 4.69) is 19.9 Å². The van der Waals surface area contributed by atoms with Crippen molar-refractivity contribution in [2.75, 3.05) is 18.4 Å². The van der Waals surface area contributed by atoms with Crippen LogP contribution in [0.25, 0.3) is 6.08 Å². The molecule has 0 bridgehead atoms. The Balaban J connectivity index is 1.47. The first-order chi connectivity index (χ1) is 14.3. The Morgan fingerprint density at radius 3 is 2.67 bits per heavy atom. The molecule has 0 spiro atoms. The number of carbonyl (C=O) groups excluding carboxylic acids is 1. The maximum absolute atomic E-state index is 12.2. The molecule has 0 aliphatic carbocycles. The van der Waals surface area contributed by atoms with Crippen LogP contribution in [0, 0.1) is 0 Å². The Hall–Kier alpha value is -3.11. The highest BCUT2D eigenvalue weighted by atomic mass is 19.4. The van der Waals surface area contributed by atoms with Gasteiger partial charge in [-0.2, -0.15) is 0 Å². The van der Waals surface area contributed by atoms with Crippen LogP contribution >= 0.6 is 0 Å². The first-order valence-corrected chi connectivity index (χ1v) is 9.22. The van der Waals surface area contributed by atoms with Gasteiger partial charge in [-0.1, -0.05) is 12.1 Å². The molecule has 1 amide bonds. The van der Waals surface area contributed by atoms with Gasteiger partial charge in [0.15, 0.2) is 0 Å². The third-order valence-corrected chi connectivity index (χ3v) is 4.51. The van der Waals surface area contributed by atoms with Gasteiger partial charge in [0.1, 0.15) is 11.6 Å². The lowest BCUT2D eigenvalue weighted by atomic mass is 10.2. The second kappa shape index (κ2) is 9.59. The number of nitrogens with one attached hydrogen (secondary N) is 2. The fourth-order valence-electron chi connectivity index (χ4n) is 3.16. The monoisotopic (exact) mass is 422 g/mol. The average molecular weight is 422 g/mol. The van der Waals surface area contributed by atoms with Crippen LogP contribution in [0.15, 0.2) is 48.7 Å². The molecule has 2 aromatic rings. The van der Waals surface area contributed by atoms with Crippen molar-refractivity contribution in [3.05, 3.63) is 59.8 Å². The van der Waals surface area contributed by atoms with Crippen molar-refractivity contribution in [3.63, 3.8) is 0 Å². The Labute approximate surface area is 171 Å². The molecule has 1 atom stereocenters. The summed E-state index contributed by atoms with van der Waals surface area (Å²) in [6.45, 7) is 2.27. The molecule has 1 aromatic heterocycles. The summed E-state index contributed by atoms with van der Waals surface area (Å²) >= 11 is 0. The Kier molecular flexibility index (Phi) is 6.91. The quantitative estimate of drug-likeness (QED) is 0.361. The summed E-state index contributed by atoms with van der Waals surface area (Å²) in [7, 11) is 0. The van der Waals surface area contributed by atoms with Gasteiger partial charge in [0, 0.05) is 37.9 Å². The zero-order valence-corrected chi connectivity index (χ0v) is 15.9. The number of amides is 1. The Bertz CT molecular complexity index is 870. The molecule has 3 N–H and O–H groups in total. The molecule has 1 saturated heterocycles. The largest absolute Gasteiger partial charge is 0.573 e. The normalized spacial score (nSPS) is 17.3. The van der Waals surface area contributed by atoms with Crippen molar-refractivity contribution in [1.82, 2.24) is 15.4 Å². The molecule has 30 heavy (non-hydrogen) atoms. The predicted octanol–water partition coefficient (Wildman–Crippen LogP) is 3.19. The number of ether oxygens (including phenoxy) is 1. The number of alkyl halides is 3. The van der Waals surface area contributed by atoms with Crippen LogP contribution in [0.4, 0.5) is 19.0 Å². The maximum atomic E-state index is 12.2. The number of nitrogens with zero attached hydrogens (tertiary/aromatic N) is 2. The number of hydroxylamine groups is 1. The number of aromatic nitrogens is 1. The third-order valence-electron chi connectivity index (χ3n) is 4.51. The van der Waals surface area contributed by atoms with E-state index in [9.17, 15) is 18.0 Å². The van der Waals surface area contributed by atoms with Crippen LogP contribution in [0.2, 0.25) is 0 Å². The summed E-state index contributed by atoms with van der Waals surface area (Å²) in [5, 5.41) is 11.8. The molecule has 2 heterocycles. The lowest BCUT2D eigenvalue weighted by molar-refractivity contribution is -0.274. The van der Waals surface area contributed by atoms with E-state index in [1.165, 1.54) is 29.8 Å².